The van der Waals surface area contributed by atoms with Gasteiger partial charge in [0.1, 0.15) is 58.8 Å². The average Bonchev–Trinajstić information content (AvgIpc) is 1.69. The van der Waals surface area contributed by atoms with Crippen LogP contribution in [-0.2, 0) is 0 Å². The Morgan fingerprint density at radius 1 is 0.348 bits per heavy atom. The van der Waals surface area contributed by atoms with Gasteiger partial charge < -0.3 is 66.9 Å². The minimum Gasteiger partial charge on any atom is -0.380 e. The second-order valence-corrected chi connectivity index (χ2v) is 43.9. The summed E-state index contributed by atoms with van der Waals surface area (Å²) in [5, 5.41) is 39.4. The number of fused-ring (bicyclic) bond motifs is 8. The zero-order valence-corrected chi connectivity index (χ0v) is 87.4. The van der Waals surface area contributed by atoms with E-state index in [4.69, 9.17) is 11.6 Å². The Balaban J connectivity index is 0.000000177. The van der Waals surface area contributed by atoms with E-state index in [9.17, 15) is 18.4 Å². The lowest BCUT2D eigenvalue weighted by Crippen LogP contribution is -2.31. The Labute approximate surface area is 815 Å². The highest BCUT2D eigenvalue weighted by molar-refractivity contribution is 6.28. The molecule has 16 rings (SSSR count). The number of nitriles is 1. The van der Waals surface area contributed by atoms with Gasteiger partial charge >= 0.3 is 6.08 Å². The topological polar surface area (TPSA) is 394 Å². The molecule has 0 spiro atoms. The van der Waals surface area contributed by atoms with E-state index >= 15 is 0 Å². The van der Waals surface area contributed by atoms with E-state index in [2.05, 4.69) is 404 Å². The summed E-state index contributed by atoms with van der Waals surface area (Å²) in [7, 11) is 0. The maximum Gasteiger partial charge on any atom is 0.312 e. The number of pyridine rings is 3. The van der Waals surface area contributed by atoms with Crippen molar-refractivity contribution in [3.63, 3.8) is 0 Å². The zero-order chi connectivity index (χ0) is 102. The smallest absolute Gasteiger partial charge is 0.312 e. The molecule has 13 aromatic heterocycles. The third-order valence-corrected chi connectivity index (χ3v) is 25.3. The molecule has 3 aromatic carbocycles. The molecule has 0 fully saturated rings. The van der Waals surface area contributed by atoms with Crippen molar-refractivity contribution in [2.75, 3.05) is 42.5 Å². The minimum absolute atomic E-state index is 0.0494. The summed E-state index contributed by atoms with van der Waals surface area (Å²) in [6, 6.07) is 36.3. The highest BCUT2D eigenvalue weighted by atomic mass is 35.5. The van der Waals surface area contributed by atoms with Crippen molar-refractivity contribution in [3.8, 4) is 6.07 Å². The van der Waals surface area contributed by atoms with Crippen molar-refractivity contribution in [2.24, 2.45) is 43.3 Å². The van der Waals surface area contributed by atoms with Crippen LogP contribution < -0.4 is 42.5 Å². The van der Waals surface area contributed by atoms with Gasteiger partial charge in [-0.05, 0) is 166 Å². The lowest BCUT2D eigenvalue weighted by molar-refractivity contribution is 0.358. The summed E-state index contributed by atoms with van der Waals surface area (Å²) < 4.78 is 42.3. The lowest BCUT2D eigenvalue weighted by atomic mass is 9.87. The quantitative estimate of drug-likeness (QED) is 0.0316. The molecule has 0 unspecified atom stereocenters. The van der Waals surface area contributed by atoms with E-state index in [-0.39, 0.29) is 84.6 Å². The van der Waals surface area contributed by atoms with Crippen LogP contribution in [0.4, 0.5) is 59.3 Å². The molecule has 16 aromatic rings. The summed E-state index contributed by atoms with van der Waals surface area (Å²) in [6.07, 6.45) is 13.2. The molecular formula is C104H144ClF3N30. The number of aryl methyl sites for hydroxylation is 1. The van der Waals surface area contributed by atoms with Gasteiger partial charge in [0, 0.05) is 83.1 Å². The maximum atomic E-state index is 13.9. The molecule has 138 heavy (non-hydrogen) atoms. The molecule has 12 N–H and O–H groups in total. The molecule has 30 nitrogen and oxygen atoms in total. The summed E-state index contributed by atoms with van der Waals surface area (Å²) >= 11 is 5.86. The fourth-order valence-electron chi connectivity index (χ4n) is 12.2. The van der Waals surface area contributed by atoms with Gasteiger partial charge in [-0.3, -0.25) is 9.97 Å². The molecule has 0 aliphatic heterocycles. The molecule has 0 aliphatic rings. The van der Waals surface area contributed by atoms with E-state index in [1.807, 2.05) is 86.6 Å². The van der Waals surface area contributed by atoms with Crippen molar-refractivity contribution in [1.29, 1.82) is 5.26 Å². The van der Waals surface area contributed by atoms with Gasteiger partial charge in [-0.25, -0.2) is 49.2 Å². The number of nitrogens with one attached hydrogen (secondary N) is 12. The fourth-order valence-corrected chi connectivity index (χ4v) is 12.3. The van der Waals surface area contributed by atoms with E-state index in [0.29, 0.717) is 80.5 Å². The SMILES string of the molecule is C[C@H](Nc1c(C#N)cnc2ccccc12)C(C)(C)C.C[C@H](Nc1c(F)cnc2ccccc12)C(C)(C)C.C[C@H](Nc1cccn2cccc12)C(C)(C)C.C[C@H](Nc1nc(Cl)nc2nc[nH]c12)C(C)(C)C.C[C@H](Nc1nc(F)nc2nc[nH]c12)C(C)(C)C.C[C@H](Nc1ncnc2ccccc12)C(C)(C)C.C[C@H](Nc1ncnc2nc(F)[nH]c12)C(C)(C)C.Cc1nc2ncnc(N[C@@H](C)C(C)(C)C)c2[nH]1. The number of H-pyrrole nitrogens is 4. The van der Waals surface area contributed by atoms with Gasteiger partial charge in [-0.15, -0.1) is 0 Å². The molecule has 8 atom stereocenters. The minimum atomic E-state index is -0.770. The van der Waals surface area contributed by atoms with Gasteiger partial charge in [-0.1, -0.05) is 215 Å². The van der Waals surface area contributed by atoms with Crippen molar-refractivity contribution < 1.29 is 13.2 Å². The van der Waals surface area contributed by atoms with E-state index in [1.54, 1.807) is 25.2 Å². The number of anilines is 8. The first-order valence-electron chi connectivity index (χ1n) is 46.8. The van der Waals surface area contributed by atoms with Gasteiger partial charge in [-0.2, -0.15) is 39.0 Å². The van der Waals surface area contributed by atoms with Gasteiger partial charge in [0.2, 0.25) is 5.28 Å². The predicted octanol–water partition coefficient (Wildman–Crippen LogP) is 25.5. The molecule has 0 aliphatic carbocycles. The molecule has 738 valence electrons. The molecular weight excluding hydrogens is 1760 g/mol. The Morgan fingerprint density at radius 2 is 0.717 bits per heavy atom. The summed E-state index contributed by atoms with van der Waals surface area (Å²) in [4.78, 5) is 76.6. The monoisotopic (exact) mass is 1910 g/mol. The first-order valence-corrected chi connectivity index (χ1v) is 47.1. The Kier molecular flexibility index (Phi) is 35.6. The third-order valence-electron chi connectivity index (χ3n) is 25.2. The van der Waals surface area contributed by atoms with Gasteiger partial charge in [0.25, 0.3) is 6.08 Å². The lowest BCUT2D eigenvalue weighted by Gasteiger charge is -2.29. The average molecular weight is 1910 g/mol. The highest BCUT2D eigenvalue weighted by Gasteiger charge is 2.30. The highest BCUT2D eigenvalue weighted by Crippen LogP contribution is 2.36. The summed E-state index contributed by atoms with van der Waals surface area (Å²) in [5.41, 5.74) is 13.0. The molecule has 13 heterocycles. The molecule has 0 saturated heterocycles. The second-order valence-electron chi connectivity index (χ2n) is 43.6. The first kappa shape index (κ1) is 108. The molecule has 34 heteroatoms. The Bertz CT molecular complexity index is 6500. The van der Waals surface area contributed by atoms with Crippen LogP contribution in [0.1, 0.15) is 233 Å². The number of para-hydroxylation sites is 3. The summed E-state index contributed by atoms with van der Waals surface area (Å²) in [5.74, 6) is 4.01. The van der Waals surface area contributed by atoms with Gasteiger partial charge in [0.05, 0.1) is 63.5 Å². The van der Waals surface area contributed by atoms with Crippen molar-refractivity contribution in [2.45, 2.75) is 277 Å². The Hall–Kier alpha value is -13.3. The summed E-state index contributed by atoms with van der Waals surface area (Å²) in [6.45, 7) is 71.0. The molecule has 0 amide bonds. The van der Waals surface area contributed by atoms with Crippen molar-refractivity contribution in [1.82, 2.24) is 104 Å². The largest absolute Gasteiger partial charge is 0.380 e. The first-order chi connectivity index (χ1) is 64.3. The molecule has 0 bridgehead atoms. The standard InChI is InChI=1S/C16H19N3.C15H19FN2.C14H19N3.C14H20N2.C12H19N5.C11H16ClN5.2C11H16FN5/c1-11(16(2,3)4)19-15-12(9-17)10-18-14-8-6-5-7-13(14)15;1-10(15(2,3)4)18-14-11-7-5-6-8-13(11)17-9-12(14)16;1-10(14(2,3)4)17-13-11-7-5-6-8-12(11)15-9-16-13;1-11(14(2,3)4)15-12-7-5-9-16-10-6-8-13(12)16;1-7(12(3,4)5)15-10-9-11(14-6-13-10)17-8(2)16-9;1-6(11(2,3)4)15-9-7-8(14-5-13-7)16-10(12)17-9;1-6(11(2,3)4)15-8-7-9(14-5-13-8)17-10(12)16-7;1-6(11(2,3)4)15-9-7-8(14-5-13-7)16-10(12)17-9/h5-8,10-11H,1-4H3,(H,18,19);5-10H,1-4H3,(H,17,18);5-10H,1-4H3,(H,15,16,17);5-11,15H,1-4H3;6-7H,1-5H3,(H2,13,14,15,16,17);3*5-6H,1-4H3,(H2,13,14,15,16,17)/t11-;2*10-;11-;7-;3*6-/m00000000/s1. The van der Waals surface area contributed by atoms with Crippen LogP contribution in [0.3, 0.4) is 0 Å². The van der Waals surface area contributed by atoms with Gasteiger partial charge in [0.15, 0.2) is 51.7 Å². The number of hydrogen-bond donors (Lipinski definition) is 12. The van der Waals surface area contributed by atoms with Crippen molar-refractivity contribution >= 4 is 141 Å². The third kappa shape index (κ3) is 30.1. The van der Waals surface area contributed by atoms with Crippen LogP contribution in [0.15, 0.2) is 153 Å². The molecule has 0 saturated carbocycles. The van der Waals surface area contributed by atoms with Crippen LogP contribution in [0.5, 0.6) is 0 Å². The van der Waals surface area contributed by atoms with E-state index < -0.39 is 12.2 Å². The van der Waals surface area contributed by atoms with E-state index in [0.717, 1.165) is 66.9 Å². The number of imidazole rings is 4. The second kappa shape index (κ2) is 45.4. The predicted molar refractivity (Wildman–Crippen MR) is 562 cm³/mol. The Morgan fingerprint density at radius 3 is 1.20 bits per heavy atom. The normalized spacial score (nSPS) is 13.7. The number of benzene rings is 3. The maximum absolute atomic E-state index is 13.9. The number of hydrogen-bond acceptors (Lipinski definition) is 25. The van der Waals surface area contributed by atoms with Crippen molar-refractivity contribution in [3.05, 3.63) is 188 Å². The number of aromatic nitrogens is 21. The van der Waals surface area contributed by atoms with Crippen LogP contribution in [0.2, 0.25) is 5.28 Å². The fraction of sp³-hybridized carbons (Fsp3) is 0.471. The van der Waals surface area contributed by atoms with Crippen LogP contribution in [0, 0.1) is 79.5 Å². The molecule has 0 radical (unpaired) electrons. The number of halogens is 4. The number of aromatic amines is 4. The zero-order valence-electron chi connectivity index (χ0n) is 86.6. The van der Waals surface area contributed by atoms with E-state index in [1.165, 1.54) is 30.1 Å². The number of nitrogens with zero attached hydrogens (tertiary/aromatic N) is 18. The van der Waals surface area contributed by atoms with Crippen LogP contribution >= 0.6 is 11.6 Å². The van der Waals surface area contributed by atoms with Crippen LogP contribution in [-0.4, -0.2) is 152 Å². The number of rotatable bonds is 16. The van der Waals surface area contributed by atoms with Crippen LogP contribution in [0.25, 0.3) is 82.9 Å².